The minimum absolute atomic E-state index is 0.0931. The van der Waals surface area contributed by atoms with E-state index >= 15 is 0 Å². The molecule has 1 atom stereocenters. The summed E-state index contributed by atoms with van der Waals surface area (Å²) in [6.45, 7) is 6.89. The van der Waals surface area contributed by atoms with Gasteiger partial charge in [0, 0.05) is 12.1 Å². The molecule has 1 aliphatic rings. The molecule has 1 fully saturated rings. The highest BCUT2D eigenvalue weighted by molar-refractivity contribution is 7.89. The first-order valence-corrected chi connectivity index (χ1v) is 8.79. The van der Waals surface area contributed by atoms with Gasteiger partial charge in [-0.1, -0.05) is 26.7 Å². The third-order valence-electron chi connectivity index (χ3n) is 3.61. The van der Waals surface area contributed by atoms with Crippen LogP contribution in [0.2, 0.25) is 0 Å². The van der Waals surface area contributed by atoms with Gasteiger partial charge >= 0.3 is 0 Å². The Bertz CT molecular complexity index is 322. The van der Waals surface area contributed by atoms with Crippen molar-refractivity contribution in [1.82, 2.24) is 10.0 Å². The van der Waals surface area contributed by atoms with Crippen molar-refractivity contribution in [3.8, 4) is 0 Å². The van der Waals surface area contributed by atoms with Crippen LogP contribution in [0.5, 0.6) is 0 Å². The summed E-state index contributed by atoms with van der Waals surface area (Å²) in [5.41, 5.74) is 0. The molecule has 1 rings (SSSR count). The highest BCUT2D eigenvalue weighted by Crippen LogP contribution is 2.27. The lowest BCUT2D eigenvalue weighted by atomic mass is 10.0. The Morgan fingerprint density at radius 3 is 2.33 bits per heavy atom. The molecule has 0 aromatic carbocycles. The molecule has 0 bridgehead atoms. The third-order valence-corrected chi connectivity index (χ3v) is 5.17. The van der Waals surface area contributed by atoms with Crippen molar-refractivity contribution < 1.29 is 8.42 Å². The van der Waals surface area contributed by atoms with E-state index in [0.29, 0.717) is 18.4 Å². The van der Waals surface area contributed by atoms with Crippen LogP contribution in [0, 0.1) is 5.92 Å². The molecule has 0 aliphatic heterocycles. The predicted molar refractivity (Wildman–Crippen MR) is 76.1 cm³/mol. The van der Waals surface area contributed by atoms with Gasteiger partial charge < -0.3 is 5.32 Å². The molecule has 0 spiro atoms. The van der Waals surface area contributed by atoms with Crippen molar-refractivity contribution in [3.63, 3.8) is 0 Å². The van der Waals surface area contributed by atoms with E-state index in [1.54, 1.807) is 0 Å². The summed E-state index contributed by atoms with van der Waals surface area (Å²) < 4.78 is 26.6. The zero-order chi connectivity index (χ0) is 13.6. The topological polar surface area (TPSA) is 58.2 Å². The predicted octanol–water partition coefficient (Wildman–Crippen LogP) is 1.87. The standard InChI is InChI=1S/C13H28N2O2S/c1-11(2)14-9-6-10-18(16,17)15-12(3)13-7-4-5-8-13/h11-15H,4-10H2,1-3H3. The van der Waals surface area contributed by atoms with Crippen molar-refractivity contribution in [1.29, 1.82) is 0 Å². The van der Waals surface area contributed by atoms with Gasteiger partial charge in [-0.3, -0.25) is 0 Å². The second kappa shape index (κ2) is 7.46. The summed E-state index contributed by atoms with van der Waals surface area (Å²) in [5, 5.41) is 3.23. The van der Waals surface area contributed by atoms with Gasteiger partial charge in [-0.05, 0) is 38.6 Å². The Balaban J connectivity index is 2.25. The van der Waals surface area contributed by atoms with Gasteiger partial charge in [-0.2, -0.15) is 0 Å². The first-order valence-electron chi connectivity index (χ1n) is 7.14. The van der Waals surface area contributed by atoms with E-state index in [4.69, 9.17) is 0 Å². The van der Waals surface area contributed by atoms with Crippen LogP contribution in [0.4, 0.5) is 0 Å². The third kappa shape index (κ3) is 6.16. The molecule has 0 radical (unpaired) electrons. The molecule has 18 heavy (non-hydrogen) atoms. The fourth-order valence-corrected chi connectivity index (χ4v) is 3.95. The zero-order valence-electron chi connectivity index (χ0n) is 11.9. The molecule has 0 saturated heterocycles. The smallest absolute Gasteiger partial charge is 0.211 e. The van der Waals surface area contributed by atoms with Crippen LogP contribution in [0.3, 0.4) is 0 Å². The number of hydrogen-bond acceptors (Lipinski definition) is 3. The highest BCUT2D eigenvalue weighted by atomic mass is 32.2. The summed E-state index contributed by atoms with van der Waals surface area (Å²) in [6, 6.07) is 0.508. The van der Waals surface area contributed by atoms with Gasteiger partial charge in [0.2, 0.25) is 10.0 Å². The van der Waals surface area contributed by atoms with Gasteiger partial charge in [-0.15, -0.1) is 0 Å². The zero-order valence-corrected chi connectivity index (χ0v) is 12.7. The Morgan fingerprint density at radius 1 is 1.17 bits per heavy atom. The molecule has 1 unspecified atom stereocenters. The first kappa shape index (κ1) is 15.9. The summed E-state index contributed by atoms with van der Waals surface area (Å²) in [4.78, 5) is 0. The maximum absolute atomic E-state index is 11.9. The molecule has 4 nitrogen and oxygen atoms in total. The van der Waals surface area contributed by atoms with Crippen molar-refractivity contribution in [2.45, 2.75) is 65.0 Å². The maximum Gasteiger partial charge on any atom is 0.211 e. The maximum atomic E-state index is 11.9. The lowest BCUT2D eigenvalue weighted by Crippen LogP contribution is -2.39. The number of nitrogens with one attached hydrogen (secondary N) is 2. The minimum atomic E-state index is -3.11. The molecular weight excluding hydrogens is 248 g/mol. The number of rotatable bonds is 8. The molecule has 5 heteroatoms. The van der Waals surface area contributed by atoms with E-state index in [2.05, 4.69) is 23.9 Å². The van der Waals surface area contributed by atoms with E-state index in [1.165, 1.54) is 25.7 Å². The Kier molecular flexibility index (Phi) is 6.60. The van der Waals surface area contributed by atoms with Crippen molar-refractivity contribution in [2.75, 3.05) is 12.3 Å². The minimum Gasteiger partial charge on any atom is -0.314 e. The monoisotopic (exact) mass is 276 g/mol. The molecule has 0 amide bonds. The van der Waals surface area contributed by atoms with Crippen LogP contribution in [0.25, 0.3) is 0 Å². The second-order valence-electron chi connectivity index (χ2n) is 5.73. The van der Waals surface area contributed by atoms with Gasteiger partial charge in [0.1, 0.15) is 0 Å². The SMILES string of the molecule is CC(C)NCCCS(=O)(=O)NC(C)C1CCCC1. The molecule has 0 aromatic rings. The van der Waals surface area contributed by atoms with Crippen molar-refractivity contribution in [3.05, 3.63) is 0 Å². The average molecular weight is 276 g/mol. The molecule has 108 valence electrons. The van der Waals surface area contributed by atoms with E-state index < -0.39 is 10.0 Å². The number of sulfonamides is 1. The average Bonchev–Trinajstić information content (AvgIpc) is 2.77. The van der Waals surface area contributed by atoms with Crippen LogP contribution in [-0.2, 0) is 10.0 Å². The van der Waals surface area contributed by atoms with E-state index in [9.17, 15) is 8.42 Å². The van der Waals surface area contributed by atoms with Crippen molar-refractivity contribution in [2.24, 2.45) is 5.92 Å². The summed E-state index contributed by atoms with van der Waals surface area (Å²) >= 11 is 0. The number of hydrogen-bond donors (Lipinski definition) is 2. The van der Waals surface area contributed by atoms with Gasteiger partial charge in [0.05, 0.1) is 5.75 Å². The lowest BCUT2D eigenvalue weighted by Gasteiger charge is -2.20. The quantitative estimate of drug-likeness (QED) is 0.665. The molecule has 0 heterocycles. The summed E-state index contributed by atoms with van der Waals surface area (Å²) in [6.07, 6.45) is 5.49. The van der Waals surface area contributed by atoms with Crippen LogP contribution in [0.15, 0.2) is 0 Å². The van der Waals surface area contributed by atoms with Crippen LogP contribution >= 0.6 is 0 Å². The van der Waals surface area contributed by atoms with Gasteiger partial charge in [0.25, 0.3) is 0 Å². The van der Waals surface area contributed by atoms with E-state index in [0.717, 1.165) is 6.54 Å². The molecule has 1 aliphatic carbocycles. The molecule has 2 N–H and O–H groups in total. The van der Waals surface area contributed by atoms with Crippen LogP contribution < -0.4 is 10.0 Å². The molecular formula is C13H28N2O2S. The van der Waals surface area contributed by atoms with E-state index in [1.807, 2.05) is 6.92 Å². The second-order valence-corrected chi connectivity index (χ2v) is 7.61. The Morgan fingerprint density at radius 2 is 1.78 bits per heavy atom. The fourth-order valence-electron chi connectivity index (χ4n) is 2.55. The van der Waals surface area contributed by atoms with Crippen LogP contribution in [0.1, 0.15) is 52.9 Å². The van der Waals surface area contributed by atoms with Gasteiger partial charge in [-0.25, -0.2) is 13.1 Å². The lowest BCUT2D eigenvalue weighted by molar-refractivity contribution is 0.423. The van der Waals surface area contributed by atoms with Crippen molar-refractivity contribution >= 4 is 10.0 Å². The van der Waals surface area contributed by atoms with Crippen LogP contribution in [-0.4, -0.2) is 32.8 Å². The fraction of sp³-hybridized carbons (Fsp3) is 1.00. The first-order chi connectivity index (χ1) is 8.41. The largest absolute Gasteiger partial charge is 0.314 e. The van der Waals surface area contributed by atoms with E-state index in [-0.39, 0.29) is 11.8 Å². The van der Waals surface area contributed by atoms with Gasteiger partial charge in [0.15, 0.2) is 0 Å². The summed E-state index contributed by atoms with van der Waals surface area (Å²) in [5.74, 6) is 0.762. The Labute approximate surface area is 112 Å². The molecule has 0 aromatic heterocycles. The normalized spacial score (nSPS) is 19.6. The molecule has 1 saturated carbocycles. The Hall–Kier alpha value is -0.130. The summed E-state index contributed by atoms with van der Waals surface area (Å²) in [7, 11) is -3.11. The highest BCUT2D eigenvalue weighted by Gasteiger charge is 2.24.